The number of nitrogens with one attached hydrogen (secondary N) is 1. The summed E-state index contributed by atoms with van der Waals surface area (Å²) in [5.74, 6) is 0.0970. The van der Waals surface area contributed by atoms with Crippen molar-refractivity contribution in [3.8, 4) is 0 Å². The number of rotatable bonds is 4. The van der Waals surface area contributed by atoms with Crippen LogP contribution in [0, 0.1) is 12.7 Å². The van der Waals surface area contributed by atoms with Crippen molar-refractivity contribution in [2.24, 2.45) is 0 Å². The Morgan fingerprint density at radius 2 is 1.83 bits per heavy atom. The molecule has 2 heterocycles. The van der Waals surface area contributed by atoms with Crippen LogP contribution in [0.15, 0.2) is 52.2 Å². The van der Waals surface area contributed by atoms with Crippen LogP contribution in [0.25, 0.3) is 10.9 Å². The van der Waals surface area contributed by atoms with Crippen molar-refractivity contribution in [1.29, 1.82) is 0 Å². The van der Waals surface area contributed by atoms with E-state index in [4.69, 9.17) is 0 Å². The Balaban J connectivity index is 1.50. The first-order chi connectivity index (χ1) is 14.3. The minimum absolute atomic E-state index is 0.0911. The molecule has 0 unspecified atom stereocenters. The van der Waals surface area contributed by atoms with Gasteiger partial charge in [0.15, 0.2) is 0 Å². The molecule has 1 fully saturated rings. The molecule has 0 saturated carbocycles. The molecule has 0 radical (unpaired) electrons. The van der Waals surface area contributed by atoms with Gasteiger partial charge in [0.25, 0.3) is 5.56 Å². The standard InChI is InChI=1S/C21H23FN4O3S/c1-15-4-2-5-18-20(15)23-19(24-21(18)27)14-25-10-3-11-26(13-12-25)30(28,29)17-8-6-16(22)7-9-17/h2,4-9H,3,10-14H2,1H3,(H,23,24,27). The van der Waals surface area contributed by atoms with Crippen molar-refractivity contribution in [2.45, 2.75) is 24.8 Å². The summed E-state index contributed by atoms with van der Waals surface area (Å²) in [4.78, 5) is 22.0. The minimum atomic E-state index is -3.67. The first kappa shape index (κ1) is 20.6. The van der Waals surface area contributed by atoms with Crippen molar-refractivity contribution in [1.82, 2.24) is 19.2 Å². The van der Waals surface area contributed by atoms with E-state index in [0.717, 1.165) is 17.7 Å². The zero-order valence-electron chi connectivity index (χ0n) is 16.6. The molecule has 4 rings (SSSR count). The van der Waals surface area contributed by atoms with Gasteiger partial charge < -0.3 is 4.98 Å². The molecule has 1 N–H and O–H groups in total. The van der Waals surface area contributed by atoms with E-state index in [2.05, 4.69) is 14.9 Å². The number of para-hydroxylation sites is 1. The van der Waals surface area contributed by atoms with Crippen LogP contribution >= 0.6 is 0 Å². The van der Waals surface area contributed by atoms with Gasteiger partial charge in [0.2, 0.25) is 10.0 Å². The molecule has 158 valence electrons. The Hall–Kier alpha value is -2.62. The van der Waals surface area contributed by atoms with Crippen molar-refractivity contribution < 1.29 is 12.8 Å². The van der Waals surface area contributed by atoms with Crippen LogP contribution < -0.4 is 5.56 Å². The van der Waals surface area contributed by atoms with Crippen LogP contribution in [0.5, 0.6) is 0 Å². The minimum Gasteiger partial charge on any atom is -0.309 e. The number of halogens is 1. The van der Waals surface area contributed by atoms with Crippen LogP contribution in [0.2, 0.25) is 0 Å². The summed E-state index contributed by atoms with van der Waals surface area (Å²) in [6.45, 7) is 4.25. The lowest BCUT2D eigenvalue weighted by Gasteiger charge is -2.21. The van der Waals surface area contributed by atoms with Crippen LogP contribution in [0.3, 0.4) is 0 Å². The number of sulfonamides is 1. The first-order valence-corrected chi connectivity index (χ1v) is 11.3. The van der Waals surface area contributed by atoms with Crippen LogP contribution in [0.4, 0.5) is 4.39 Å². The third-order valence-corrected chi connectivity index (χ3v) is 7.27. The molecule has 0 aliphatic carbocycles. The lowest BCUT2D eigenvalue weighted by molar-refractivity contribution is 0.272. The lowest BCUT2D eigenvalue weighted by Crippen LogP contribution is -2.35. The Morgan fingerprint density at radius 3 is 2.60 bits per heavy atom. The average Bonchev–Trinajstić information content (AvgIpc) is 2.95. The smallest absolute Gasteiger partial charge is 0.258 e. The van der Waals surface area contributed by atoms with Crippen molar-refractivity contribution in [2.75, 3.05) is 26.2 Å². The van der Waals surface area contributed by atoms with Gasteiger partial charge in [0.1, 0.15) is 11.6 Å². The molecule has 1 aliphatic rings. The largest absolute Gasteiger partial charge is 0.309 e. The van der Waals surface area contributed by atoms with Crippen LogP contribution in [-0.4, -0.2) is 53.8 Å². The third-order valence-electron chi connectivity index (χ3n) is 5.36. The number of aromatic amines is 1. The van der Waals surface area contributed by atoms with Gasteiger partial charge in [-0.1, -0.05) is 12.1 Å². The number of nitrogens with zero attached hydrogens (tertiary/aromatic N) is 3. The fraction of sp³-hybridized carbons (Fsp3) is 0.333. The summed E-state index contributed by atoms with van der Waals surface area (Å²) < 4.78 is 40.3. The molecule has 1 aliphatic heterocycles. The predicted octanol–water partition coefficient (Wildman–Crippen LogP) is 2.27. The maximum absolute atomic E-state index is 13.1. The Kier molecular flexibility index (Phi) is 5.68. The molecule has 1 saturated heterocycles. The molecule has 30 heavy (non-hydrogen) atoms. The van der Waals surface area contributed by atoms with E-state index in [1.165, 1.54) is 16.4 Å². The summed E-state index contributed by atoms with van der Waals surface area (Å²) in [6, 6.07) is 10.4. The number of aryl methyl sites for hydroxylation is 1. The topological polar surface area (TPSA) is 86.4 Å². The monoisotopic (exact) mass is 430 g/mol. The number of H-pyrrole nitrogens is 1. The van der Waals surface area contributed by atoms with Gasteiger partial charge >= 0.3 is 0 Å². The normalized spacial score (nSPS) is 16.6. The van der Waals surface area contributed by atoms with Crippen molar-refractivity contribution in [3.05, 3.63) is 70.0 Å². The number of fused-ring (bicyclic) bond motifs is 1. The highest BCUT2D eigenvalue weighted by Crippen LogP contribution is 2.19. The molecule has 9 heteroatoms. The Labute approximate surface area is 174 Å². The van der Waals surface area contributed by atoms with Crippen LogP contribution in [-0.2, 0) is 16.6 Å². The summed E-state index contributed by atoms with van der Waals surface area (Å²) in [5, 5.41) is 0.561. The van der Waals surface area contributed by atoms with E-state index in [-0.39, 0.29) is 10.5 Å². The van der Waals surface area contributed by atoms with Gasteiger partial charge in [0.05, 0.1) is 22.3 Å². The maximum atomic E-state index is 13.1. The molecule has 1 aromatic heterocycles. The Bertz CT molecular complexity index is 1230. The predicted molar refractivity (Wildman–Crippen MR) is 112 cm³/mol. The van der Waals surface area contributed by atoms with E-state index in [1.54, 1.807) is 6.07 Å². The van der Waals surface area contributed by atoms with Gasteiger partial charge in [-0.2, -0.15) is 4.31 Å². The van der Waals surface area contributed by atoms with Gasteiger partial charge in [-0.25, -0.2) is 17.8 Å². The lowest BCUT2D eigenvalue weighted by atomic mass is 10.1. The van der Waals surface area contributed by atoms with E-state index in [0.29, 0.717) is 55.9 Å². The zero-order valence-corrected chi connectivity index (χ0v) is 17.5. The van der Waals surface area contributed by atoms with Gasteiger partial charge in [-0.15, -0.1) is 0 Å². The van der Waals surface area contributed by atoms with Gasteiger partial charge in [-0.05, 0) is 55.8 Å². The fourth-order valence-electron chi connectivity index (χ4n) is 3.74. The van der Waals surface area contributed by atoms with Gasteiger partial charge in [-0.3, -0.25) is 9.69 Å². The summed E-state index contributed by atoms with van der Waals surface area (Å²) in [7, 11) is -3.67. The highest BCUT2D eigenvalue weighted by molar-refractivity contribution is 7.89. The molecule has 0 atom stereocenters. The first-order valence-electron chi connectivity index (χ1n) is 9.81. The Morgan fingerprint density at radius 1 is 1.07 bits per heavy atom. The highest BCUT2D eigenvalue weighted by Gasteiger charge is 2.27. The van der Waals surface area contributed by atoms with Crippen LogP contribution in [0.1, 0.15) is 17.8 Å². The second kappa shape index (κ2) is 8.25. The summed E-state index contributed by atoms with van der Waals surface area (Å²) in [6.07, 6.45) is 0.650. The average molecular weight is 431 g/mol. The molecule has 7 nitrogen and oxygen atoms in total. The number of benzene rings is 2. The molecule has 0 bridgehead atoms. The SMILES string of the molecule is Cc1cccc2c(=O)[nH]c(CN3CCCN(S(=O)(=O)c4ccc(F)cc4)CC3)nc12. The highest BCUT2D eigenvalue weighted by atomic mass is 32.2. The van der Waals surface area contributed by atoms with Crippen molar-refractivity contribution in [3.63, 3.8) is 0 Å². The van der Waals surface area contributed by atoms with E-state index < -0.39 is 15.8 Å². The quantitative estimate of drug-likeness (QED) is 0.686. The molecular formula is C21H23FN4O3S. The number of hydrogen-bond acceptors (Lipinski definition) is 5. The van der Waals surface area contributed by atoms with Crippen molar-refractivity contribution >= 4 is 20.9 Å². The molecule has 3 aromatic rings. The summed E-state index contributed by atoms with van der Waals surface area (Å²) >= 11 is 0. The molecular weight excluding hydrogens is 407 g/mol. The second-order valence-corrected chi connectivity index (χ2v) is 9.41. The van der Waals surface area contributed by atoms with E-state index in [9.17, 15) is 17.6 Å². The van der Waals surface area contributed by atoms with E-state index in [1.807, 2.05) is 19.1 Å². The molecule has 2 aromatic carbocycles. The second-order valence-electron chi connectivity index (χ2n) is 7.47. The molecule has 0 spiro atoms. The molecule has 0 amide bonds. The number of aromatic nitrogens is 2. The number of hydrogen-bond donors (Lipinski definition) is 1. The third kappa shape index (κ3) is 4.14. The summed E-state index contributed by atoms with van der Waals surface area (Å²) in [5.41, 5.74) is 1.45. The van der Waals surface area contributed by atoms with E-state index >= 15 is 0 Å². The van der Waals surface area contributed by atoms with Gasteiger partial charge in [0, 0.05) is 19.6 Å². The zero-order chi connectivity index (χ0) is 21.3. The fourth-order valence-corrected chi connectivity index (χ4v) is 5.21. The maximum Gasteiger partial charge on any atom is 0.258 e.